The molecule has 2 aromatic carbocycles. The number of carbonyl (C=O) groups is 2. The van der Waals surface area contributed by atoms with E-state index in [1.54, 1.807) is 26.0 Å². The van der Waals surface area contributed by atoms with Crippen LogP contribution in [0, 0.1) is 29.8 Å². The number of nitro benzene ring substituents is 1. The summed E-state index contributed by atoms with van der Waals surface area (Å²) < 4.78 is 44.2. The molecule has 0 saturated heterocycles. The minimum atomic E-state index is -4.12. The fourth-order valence-electron chi connectivity index (χ4n) is 3.91. The van der Waals surface area contributed by atoms with Crippen molar-refractivity contribution in [1.29, 1.82) is 0 Å². The topological polar surface area (TPSA) is 133 Å². The van der Waals surface area contributed by atoms with Crippen LogP contribution in [0.5, 0.6) is 0 Å². The van der Waals surface area contributed by atoms with Crippen LogP contribution >= 0.6 is 0 Å². The van der Waals surface area contributed by atoms with Gasteiger partial charge < -0.3 is 10.1 Å². The van der Waals surface area contributed by atoms with Crippen LogP contribution in [-0.4, -0.2) is 36.6 Å². The molecular weight excluding hydrogens is 455 g/mol. The highest BCUT2D eigenvalue weighted by Crippen LogP contribution is 2.42. The first-order valence-electron chi connectivity index (χ1n) is 10.2. The summed E-state index contributed by atoms with van der Waals surface area (Å²) in [5, 5.41) is 13.0. The lowest BCUT2D eigenvalue weighted by atomic mass is 10.1. The summed E-state index contributed by atoms with van der Waals surface area (Å²) in [7, 11) is -4.12. The van der Waals surface area contributed by atoms with E-state index in [-0.39, 0.29) is 17.7 Å². The zero-order chi connectivity index (χ0) is 24.4. The van der Waals surface area contributed by atoms with Gasteiger partial charge in [0.1, 0.15) is 5.82 Å². The van der Waals surface area contributed by atoms with E-state index in [1.807, 2.05) is 0 Å². The molecule has 0 bridgehead atoms. The van der Waals surface area contributed by atoms with Crippen LogP contribution in [-0.2, 0) is 24.2 Å². The SMILES string of the molecule is Cc1ccc(C)c(S(=O)(=O)C2(C(=O)OCC(=O)Nc3cc([N+](=O)[O-])ccc3F)CCCC2)c1. The molecule has 0 atom stereocenters. The Morgan fingerprint density at radius 1 is 1.15 bits per heavy atom. The maximum Gasteiger partial charge on any atom is 0.328 e. The van der Waals surface area contributed by atoms with Crippen LogP contribution in [0.4, 0.5) is 15.8 Å². The minimum Gasteiger partial charge on any atom is -0.454 e. The molecule has 176 valence electrons. The number of carbonyl (C=O) groups excluding carboxylic acids is 2. The first-order valence-corrected chi connectivity index (χ1v) is 11.7. The standard InChI is InChI=1S/C22H23FN2O7S/c1-14-5-6-15(2)19(11-14)33(30,31)22(9-3-4-10-22)21(27)32-13-20(26)24-18-12-16(25(28)29)7-8-17(18)23/h5-8,11-12H,3-4,9-10,13H2,1-2H3,(H,24,26). The van der Waals surface area contributed by atoms with Gasteiger partial charge in [-0.3, -0.25) is 19.7 Å². The quantitative estimate of drug-likeness (QED) is 0.365. The lowest BCUT2D eigenvalue weighted by molar-refractivity contribution is -0.384. The number of nitro groups is 1. The molecule has 1 N–H and O–H groups in total. The Hall–Kier alpha value is -3.34. The van der Waals surface area contributed by atoms with Crippen LogP contribution in [0.2, 0.25) is 0 Å². The van der Waals surface area contributed by atoms with Gasteiger partial charge in [-0.25, -0.2) is 12.8 Å². The smallest absolute Gasteiger partial charge is 0.328 e. The van der Waals surface area contributed by atoms with Crippen molar-refractivity contribution in [3.05, 3.63) is 63.5 Å². The number of hydrogen-bond acceptors (Lipinski definition) is 7. The summed E-state index contributed by atoms with van der Waals surface area (Å²) in [5.41, 5.74) is 0.328. The highest BCUT2D eigenvalue weighted by atomic mass is 32.2. The Morgan fingerprint density at radius 2 is 1.82 bits per heavy atom. The molecule has 1 saturated carbocycles. The number of hydrogen-bond donors (Lipinski definition) is 1. The maximum absolute atomic E-state index is 13.9. The molecule has 9 nitrogen and oxygen atoms in total. The largest absolute Gasteiger partial charge is 0.454 e. The molecule has 0 aromatic heterocycles. The predicted octanol–water partition coefficient (Wildman–Crippen LogP) is 3.62. The zero-order valence-corrected chi connectivity index (χ0v) is 18.9. The summed E-state index contributed by atoms with van der Waals surface area (Å²) in [6.45, 7) is 2.52. The second-order valence-electron chi connectivity index (χ2n) is 8.02. The summed E-state index contributed by atoms with van der Waals surface area (Å²) in [6.07, 6.45) is 1.12. The number of ether oxygens (including phenoxy) is 1. The first-order chi connectivity index (χ1) is 15.5. The second-order valence-corrected chi connectivity index (χ2v) is 10.2. The van der Waals surface area contributed by atoms with Crippen molar-refractivity contribution < 1.29 is 32.1 Å². The third-order valence-corrected chi connectivity index (χ3v) is 8.32. The highest BCUT2D eigenvalue weighted by molar-refractivity contribution is 7.93. The van der Waals surface area contributed by atoms with Crippen LogP contribution in [0.25, 0.3) is 0 Å². The molecular formula is C22H23FN2O7S. The lowest BCUT2D eigenvalue weighted by Gasteiger charge is -2.27. The highest BCUT2D eigenvalue weighted by Gasteiger charge is 2.54. The Morgan fingerprint density at radius 3 is 2.45 bits per heavy atom. The molecule has 1 aliphatic rings. The van der Waals surface area contributed by atoms with Gasteiger partial charge in [0, 0.05) is 12.1 Å². The molecule has 0 spiro atoms. The van der Waals surface area contributed by atoms with Crippen LogP contribution in [0.1, 0.15) is 36.8 Å². The summed E-state index contributed by atoms with van der Waals surface area (Å²) in [6, 6.07) is 7.54. The second kappa shape index (κ2) is 9.26. The molecule has 33 heavy (non-hydrogen) atoms. The van der Waals surface area contributed by atoms with Crippen molar-refractivity contribution in [2.75, 3.05) is 11.9 Å². The Kier molecular flexibility index (Phi) is 6.82. The van der Waals surface area contributed by atoms with Crippen molar-refractivity contribution in [2.45, 2.75) is 49.2 Å². The van der Waals surface area contributed by atoms with E-state index in [9.17, 15) is 32.5 Å². The Balaban J connectivity index is 1.79. The molecule has 3 rings (SSSR count). The number of amides is 1. The van der Waals surface area contributed by atoms with Crippen molar-refractivity contribution in [1.82, 2.24) is 0 Å². The molecule has 0 unspecified atom stereocenters. The first kappa shape index (κ1) is 24.3. The lowest BCUT2D eigenvalue weighted by Crippen LogP contribution is -2.46. The Labute approximate surface area is 190 Å². The number of anilines is 1. The van der Waals surface area contributed by atoms with Gasteiger partial charge in [-0.05, 0) is 49.9 Å². The average molecular weight is 478 g/mol. The molecule has 0 aliphatic heterocycles. The van der Waals surface area contributed by atoms with E-state index in [2.05, 4.69) is 5.32 Å². The van der Waals surface area contributed by atoms with Crippen LogP contribution in [0.15, 0.2) is 41.3 Å². The number of aryl methyl sites for hydroxylation is 2. The van der Waals surface area contributed by atoms with Crippen LogP contribution < -0.4 is 5.32 Å². The molecule has 0 radical (unpaired) electrons. The van der Waals surface area contributed by atoms with Crippen molar-refractivity contribution in [3.8, 4) is 0 Å². The molecule has 2 aromatic rings. The monoisotopic (exact) mass is 478 g/mol. The third kappa shape index (κ3) is 4.72. The van der Waals surface area contributed by atoms with Crippen LogP contribution in [0.3, 0.4) is 0 Å². The molecule has 0 heterocycles. The number of sulfone groups is 1. The minimum absolute atomic E-state index is 0.0458. The van der Waals surface area contributed by atoms with E-state index in [4.69, 9.17) is 4.74 Å². The summed E-state index contributed by atoms with van der Waals surface area (Å²) in [5.74, 6) is -2.92. The number of benzene rings is 2. The van der Waals surface area contributed by atoms with E-state index in [1.165, 1.54) is 6.07 Å². The number of nitrogens with one attached hydrogen (secondary N) is 1. The fourth-order valence-corrected chi connectivity index (χ4v) is 6.27. The van der Waals surface area contributed by atoms with Crippen molar-refractivity contribution >= 4 is 33.1 Å². The van der Waals surface area contributed by atoms with Gasteiger partial charge in [-0.2, -0.15) is 0 Å². The van der Waals surface area contributed by atoms with E-state index in [0.717, 1.165) is 23.8 Å². The van der Waals surface area contributed by atoms with Gasteiger partial charge in [-0.1, -0.05) is 25.0 Å². The summed E-state index contributed by atoms with van der Waals surface area (Å²) >= 11 is 0. The molecule has 1 amide bonds. The van der Waals surface area contributed by atoms with E-state index in [0.29, 0.717) is 18.4 Å². The zero-order valence-electron chi connectivity index (χ0n) is 18.1. The fraction of sp³-hybridized carbons (Fsp3) is 0.364. The molecule has 11 heteroatoms. The third-order valence-electron chi connectivity index (χ3n) is 5.70. The number of non-ortho nitro benzene ring substituents is 1. The Bertz CT molecular complexity index is 1220. The molecule has 1 fully saturated rings. The van der Waals surface area contributed by atoms with E-state index >= 15 is 0 Å². The average Bonchev–Trinajstić information content (AvgIpc) is 3.27. The van der Waals surface area contributed by atoms with Gasteiger partial charge in [-0.15, -0.1) is 0 Å². The van der Waals surface area contributed by atoms with Gasteiger partial charge in [0.15, 0.2) is 21.2 Å². The number of esters is 1. The number of nitrogens with zero attached hydrogens (tertiary/aromatic N) is 1. The van der Waals surface area contributed by atoms with Gasteiger partial charge >= 0.3 is 5.97 Å². The van der Waals surface area contributed by atoms with Crippen molar-refractivity contribution in [3.63, 3.8) is 0 Å². The van der Waals surface area contributed by atoms with Gasteiger partial charge in [0.2, 0.25) is 0 Å². The van der Waals surface area contributed by atoms with Gasteiger partial charge in [0.05, 0.1) is 15.5 Å². The van der Waals surface area contributed by atoms with E-state index < -0.39 is 55.2 Å². The summed E-state index contributed by atoms with van der Waals surface area (Å²) in [4.78, 5) is 35.4. The maximum atomic E-state index is 13.9. The van der Waals surface area contributed by atoms with Crippen molar-refractivity contribution in [2.24, 2.45) is 0 Å². The number of halogens is 1. The molecule has 1 aliphatic carbocycles. The number of rotatable bonds is 7. The normalized spacial score (nSPS) is 15.1. The predicted molar refractivity (Wildman–Crippen MR) is 117 cm³/mol. The van der Waals surface area contributed by atoms with Gasteiger partial charge in [0.25, 0.3) is 11.6 Å².